The highest BCUT2D eigenvalue weighted by Gasteiger charge is 2.38. The van der Waals surface area contributed by atoms with E-state index in [0.29, 0.717) is 17.1 Å². The lowest BCUT2D eigenvalue weighted by Gasteiger charge is -2.12. The molecule has 1 aliphatic heterocycles. The lowest BCUT2D eigenvalue weighted by molar-refractivity contribution is -0.118. The molecule has 0 bridgehead atoms. The average molecular weight is 251 g/mol. The molecule has 17 heavy (non-hydrogen) atoms. The van der Waals surface area contributed by atoms with Gasteiger partial charge in [0.05, 0.1) is 5.69 Å². The maximum absolute atomic E-state index is 12.0. The number of nitrogens with one attached hydrogen (secondary N) is 1. The Morgan fingerprint density at radius 3 is 2.88 bits per heavy atom. The number of carbonyl (C=O) groups is 2. The number of halogens is 1. The van der Waals surface area contributed by atoms with Crippen molar-refractivity contribution in [1.29, 1.82) is 0 Å². The predicted molar refractivity (Wildman–Crippen MR) is 66.1 cm³/mol. The van der Waals surface area contributed by atoms with E-state index in [-0.39, 0.29) is 5.91 Å². The standard InChI is InChI=1S/C12H11ClN2O2/c1-2-4-10-11(16)15(12(17)14-10)9-6-3-5-8(13)7-9/h2-3,5-7,10H,1,4H2,(H,14,17). The van der Waals surface area contributed by atoms with Gasteiger partial charge in [0.2, 0.25) is 0 Å². The van der Waals surface area contributed by atoms with Gasteiger partial charge in [-0.1, -0.05) is 23.7 Å². The third-order valence-corrected chi connectivity index (χ3v) is 2.72. The fraction of sp³-hybridized carbons (Fsp3) is 0.167. The second-order valence-electron chi connectivity index (χ2n) is 3.68. The van der Waals surface area contributed by atoms with Crippen LogP contribution in [-0.4, -0.2) is 18.0 Å². The molecular formula is C12H11ClN2O2. The van der Waals surface area contributed by atoms with Crippen LogP contribution in [0.3, 0.4) is 0 Å². The second kappa shape index (κ2) is 4.59. The molecule has 1 unspecified atom stereocenters. The first-order valence-corrected chi connectivity index (χ1v) is 5.52. The minimum absolute atomic E-state index is 0.280. The van der Waals surface area contributed by atoms with Crippen LogP contribution in [0.2, 0.25) is 5.02 Å². The lowest BCUT2D eigenvalue weighted by atomic mass is 10.2. The van der Waals surface area contributed by atoms with Crippen molar-refractivity contribution in [1.82, 2.24) is 5.32 Å². The highest BCUT2D eigenvalue weighted by atomic mass is 35.5. The Bertz CT molecular complexity index is 487. The first-order valence-electron chi connectivity index (χ1n) is 5.14. The summed E-state index contributed by atoms with van der Waals surface area (Å²) in [6.07, 6.45) is 2.02. The normalized spacial score (nSPS) is 19.4. The molecule has 0 spiro atoms. The van der Waals surface area contributed by atoms with Crippen LogP contribution in [0, 0.1) is 0 Å². The quantitative estimate of drug-likeness (QED) is 0.661. The van der Waals surface area contributed by atoms with Crippen molar-refractivity contribution in [3.63, 3.8) is 0 Å². The Balaban J connectivity index is 2.30. The molecule has 1 atom stereocenters. The van der Waals surface area contributed by atoms with Gasteiger partial charge in [0, 0.05) is 5.02 Å². The number of carbonyl (C=O) groups excluding carboxylic acids is 2. The number of benzene rings is 1. The number of nitrogens with zero attached hydrogens (tertiary/aromatic N) is 1. The van der Waals surface area contributed by atoms with E-state index >= 15 is 0 Å². The molecule has 0 aliphatic carbocycles. The molecule has 1 aliphatic rings. The van der Waals surface area contributed by atoms with E-state index in [1.165, 1.54) is 0 Å². The molecule has 2 rings (SSSR count). The summed E-state index contributed by atoms with van der Waals surface area (Å²) in [4.78, 5) is 24.8. The van der Waals surface area contributed by atoms with E-state index in [0.717, 1.165) is 4.90 Å². The van der Waals surface area contributed by atoms with Crippen LogP contribution in [0.25, 0.3) is 0 Å². The largest absolute Gasteiger partial charge is 0.329 e. The molecule has 1 saturated heterocycles. The first kappa shape index (κ1) is 11.7. The number of amides is 3. The molecule has 1 fully saturated rings. The highest BCUT2D eigenvalue weighted by molar-refractivity contribution is 6.31. The van der Waals surface area contributed by atoms with Crippen molar-refractivity contribution in [2.45, 2.75) is 12.5 Å². The number of hydrogen-bond donors (Lipinski definition) is 1. The third-order valence-electron chi connectivity index (χ3n) is 2.49. The monoisotopic (exact) mass is 250 g/mol. The number of rotatable bonds is 3. The molecule has 1 heterocycles. The van der Waals surface area contributed by atoms with Crippen molar-refractivity contribution in [3.8, 4) is 0 Å². The van der Waals surface area contributed by atoms with Crippen LogP contribution in [0.5, 0.6) is 0 Å². The molecule has 4 nitrogen and oxygen atoms in total. The van der Waals surface area contributed by atoms with Crippen LogP contribution in [0.4, 0.5) is 10.5 Å². The summed E-state index contributed by atoms with van der Waals surface area (Å²) in [5.41, 5.74) is 0.478. The van der Waals surface area contributed by atoms with Crippen LogP contribution in [-0.2, 0) is 4.79 Å². The molecule has 1 aromatic carbocycles. The van der Waals surface area contributed by atoms with Crippen molar-refractivity contribution in [3.05, 3.63) is 41.9 Å². The van der Waals surface area contributed by atoms with E-state index < -0.39 is 12.1 Å². The number of imide groups is 1. The zero-order valence-corrected chi connectivity index (χ0v) is 9.78. The van der Waals surface area contributed by atoms with Gasteiger partial charge in [-0.3, -0.25) is 4.79 Å². The molecule has 0 radical (unpaired) electrons. The van der Waals surface area contributed by atoms with Crippen molar-refractivity contribution < 1.29 is 9.59 Å². The first-order chi connectivity index (χ1) is 8.13. The smallest absolute Gasteiger partial charge is 0.325 e. The topological polar surface area (TPSA) is 49.4 Å². The summed E-state index contributed by atoms with van der Waals surface area (Å²) >= 11 is 5.83. The molecule has 88 valence electrons. The Morgan fingerprint density at radius 2 is 2.24 bits per heavy atom. The molecule has 3 amide bonds. The maximum atomic E-state index is 12.0. The zero-order valence-electron chi connectivity index (χ0n) is 9.02. The van der Waals surface area contributed by atoms with Crippen LogP contribution in [0.1, 0.15) is 6.42 Å². The maximum Gasteiger partial charge on any atom is 0.329 e. The number of urea groups is 1. The summed E-state index contributed by atoms with van der Waals surface area (Å²) in [5.74, 6) is -0.280. The van der Waals surface area contributed by atoms with Gasteiger partial charge in [-0.25, -0.2) is 9.69 Å². The van der Waals surface area contributed by atoms with Gasteiger partial charge in [0.1, 0.15) is 6.04 Å². The van der Waals surface area contributed by atoms with Crippen LogP contribution in [0.15, 0.2) is 36.9 Å². The van der Waals surface area contributed by atoms with Gasteiger partial charge in [-0.2, -0.15) is 0 Å². The summed E-state index contributed by atoms with van der Waals surface area (Å²) in [6.45, 7) is 3.55. The van der Waals surface area contributed by atoms with Crippen molar-refractivity contribution in [2.75, 3.05) is 4.90 Å². The average Bonchev–Trinajstić information content (AvgIpc) is 2.55. The predicted octanol–water partition coefficient (Wildman–Crippen LogP) is 2.34. The minimum Gasteiger partial charge on any atom is -0.325 e. The zero-order chi connectivity index (χ0) is 12.4. The van der Waals surface area contributed by atoms with Gasteiger partial charge in [0.25, 0.3) is 5.91 Å². The van der Waals surface area contributed by atoms with Crippen molar-refractivity contribution >= 4 is 29.2 Å². The molecule has 1 N–H and O–H groups in total. The SMILES string of the molecule is C=CCC1NC(=O)N(c2cccc(Cl)c2)C1=O. The summed E-state index contributed by atoms with van der Waals surface area (Å²) < 4.78 is 0. The molecule has 0 saturated carbocycles. The van der Waals surface area contributed by atoms with Crippen molar-refractivity contribution in [2.24, 2.45) is 0 Å². The lowest BCUT2D eigenvalue weighted by Crippen LogP contribution is -2.31. The van der Waals surface area contributed by atoms with E-state index in [1.807, 2.05) is 0 Å². The Kier molecular flexibility index (Phi) is 3.15. The van der Waals surface area contributed by atoms with Gasteiger partial charge >= 0.3 is 6.03 Å². The van der Waals surface area contributed by atoms with E-state index in [2.05, 4.69) is 11.9 Å². The van der Waals surface area contributed by atoms with E-state index in [9.17, 15) is 9.59 Å². The Morgan fingerprint density at radius 1 is 1.47 bits per heavy atom. The second-order valence-corrected chi connectivity index (χ2v) is 4.12. The van der Waals surface area contributed by atoms with Gasteiger partial charge in [-0.15, -0.1) is 6.58 Å². The molecule has 1 aromatic rings. The van der Waals surface area contributed by atoms with Gasteiger partial charge < -0.3 is 5.32 Å². The fourth-order valence-electron chi connectivity index (χ4n) is 1.72. The van der Waals surface area contributed by atoms with Gasteiger partial charge in [0.15, 0.2) is 0 Å². The third kappa shape index (κ3) is 2.17. The summed E-state index contributed by atoms with van der Waals surface area (Å²) in [6, 6.07) is 5.67. The minimum atomic E-state index is -0.529. The summed E-state index contributed by atoms with van der Waals surface area (Å²) in [5, 5.41) is 3.08. The molecule has 5 heteroatoms. The molecular weight excluding hydrogens is 240 g/mol. The fourth-order valence-corrected chi connectivity index (χ4v) is 1.90. The number of anilines is 1. The Hall–Kier alpha value is -1.81. The van der Waals surface area contributed by atoms with Crippen LogP contribution >= 0.6 is 11.6 Å². The summed E-state index contributed by atoms with van der Waals surface area (Å²) in [7, 11) is 0. The number of hydrogen-bond acceptors (Lipinski definition) is 2. The van der Waals surface area contributed by atoms with E-state index in [1.54, 1.807) is 30.3 Å². The molecule has 0 aromatic heterocycles. The van der Waals surface area contributed by atoms with Crippen LogP contribution < -0.4 is 10.2 Å². The highest BCUT2D eigenvalue weighted by Crippen LogP contribution is 2.23. The van der Waals surface area contributed by atoms with E-state index in [4.69, 9.17) is 11.6 Å². The Labute approximate surface area is 104 Å². The van der Waals surface area contributed by atoms with Gasteiger partial charge in [-0.05, 0) is 24.6 Å².